The highest BCUT2D eigenvalue weighted by Gasteiger charge is 2.40. The fourth-order valence-electron chi connectivity index (χ4n) is 2.87. The zero-order chi connectivity index (χ0) is 15.6. The molecule has 4 nitrogen and oxygen atoms in total. The zero-order valence-corrected chi connectivity index (χ0v) is 12.4. The highest BCUT2D eigenvalue weighted by molar-refractivity contribution is 6.30. The molecule has 0 spiro atoms. The molecule has 2 atom stereocenters. The van der Waals surface area contributed by atoms with E-state index in [-0.39, 0.29) is 23.8 Å². The molecule has 1 amide bonds. The van der Waals surface area contributed by atoms with Crippen molar-refractivity contribution in [1.82, 2.24) is 4.90 Å². The van der Waals surface area contributed by atoms with Crippen molar-refractivity contribution in [2.75, 3.05) is 6.54 Å². The average molecular weight is 314 g/mol. The van der Waals surface area contributed by atoms with E-state index in [1.54, 1.807) is 0 Å². The monoisotopic (exact) mass is 313 g/mol. The molecule has 1 aromatic carbocycles. The van der Waals surface area contributed by atoms with E-state index in [4.69, 9.17) is 11.6 Å². The van der Waals surface area contributed by atoms with Gasteiger partial charge < -0.3 is 10.0 Å². The Balaban J connectivity index is 2.48. The van der Waals surface area contributed by atoms with Crippen LogP contribution in [0.5, 0.6) is 0 Å². The zero-order valence-electron chi connectivity index (χ0n) is 11.7. The maximum absolute atomic E-state index is 13.6. The first-order valence-corrected chi connectivity index (χ1v) is 7.30. The molecule has 1 aliphatic heterocycles. The van der Waals surface area contributed by atoms with E-state index in [2.05, 4.69) is 0 Å². The Hall–Kier alpha value is -1.62. The third kappa shape index (κ3) is 3.35. The lowest BCUT2D eigenvalue weighted by molar-refractivity contribution is -0.152. The second-order valence-electron chi connectivity index (χ2n) is 5.22. The molecule has 21 heavy (non-hydrogen) atoms. The van der Waals surface area contributed by atoms with Crippen molar-refractivity contribution in [2.45, 2.75) is 32.2 Å². The molecule has 6 heteroatoms. The van der Waals surface area contributed by atoms with Gasteiger partial charge in [-0.15, -0.1) is 0 Å². The Morgan fingerprint density at radius 3 is 2.76 bits per heavy atom. The van der Waals surface area contributed by atoms with Crippen molar-refractivity contribution in [3.63, 3.8) is 0 Å². The third-order valence-corrected chi connectivity index (χ3v) is 3.93. The quantitative estimate of drug-likeness (QED) is 0.928. The number of carboxylic acid groups (broad SMARTS) is 1. The molecule has 1 aliphatic rings. The van der Waals surface area contributed by atoms with Crippen LogP contribution in [0.25, 0.3) is 0 Å². The van der Waals surface area contributed by atoms with E-state index in [0.29, 0.717) is 18.5 Å². The van der Waals surface area contributed by atoms with Gasteiger partial charge in [-0.3, -0.25) is 9.59 Å². The van der Waals surface area contributed by atoms with Crippen LogP contribution in [-0.4, -0.2) is 28.4 Å². The van der Waals surface area contributed by atoms with Crippen LogP contribution < -0.4 is 0 Å². The molecule has 0 bridgehead atoms. The average Bonchev–Trinajstić information content (AvgIpc) is 2.39. The van der Waals surface area contributed by atoms with E-state index >= 15 is 0 Å². The van der Waals surface area contributed by atoms with Crippen molar-refractivity contribution in [3.8, 4) is 0 Å². The van der Waals surface area contributed by atoms with Crippen LogP contribution in [0.4, 0.5) is 4.39 Å². The number of halogens is 2. The number of amides is 1. The summed E-state index contributed by atoms with van der Waals surface area (Å²) < 4.78 is 13.6. The third-order valence-electron chi connectivity index (χ3n) is 3.71. The van der Waals surface area contributed by atoms with Gasteiger partial charge in [0.05, 0.1) is 12.0 Å². The number of hydrogen-bond donors (Lipinski definition) is 1. The van der Waals surface area contributed by atoms with E-state index in [9.17, 15) is 19.1 Å². The number of likely N-dealkylation sites (tertiary alicyclic amines) is 1. The molecule has 0 saturated carbocycles. The lowest BCUT2D eigenvalue weighted by Gasteiger charge is -2.39. The largest absolute Gasteiger partial charge is 0.481 e. The molecule has 1 saturated heterocycles. The van der Waals surface area contributed by atoms with Gasteiger partial charge in [-0.2, -0.15) is 0 Å². The molecule has 114 valence electrons. The number of hydrogen-bond acceptors (Lipinski definition) is 2. The van der Waals surface area contributed by atoms with E-state index in [1.165, 1.54) is 17.0 Å². The summed E-state index contributed by atoms with van der Waals surface area (Å²) in [6.07, 6.45) is 1.17. The van der Waals surface area contributed by atoms with Crippen LogP contribution in [-0.2, 0) is 9.59 Å². The van der Waals surface area contributed by atoms with Crippen molar-refractivity contribution < 1.29 is 19.1 Å². The van der Waals surface area contributed by atoms with E-state index in [1.807, 2.05) is 6.92 Å². The van der Waals surface area contributed by atoms with E-state index < -0.39 is 23.7 Å². The van der Waals surface area contributed by atoms with E-state index in [0.717, 1.165) is 6.07 Å². The first-order valence-electron chi connectivity index (χ1n) is 6.92. The molecule has 1 fully saturated rings. The smallest absolute Gasteiger partial charge is 0.308 e. The highest BCUT2D eigenvalue weighted by Crippen LogP contribution is 2.38. The number of carbonyl (C=O) groups excluding carboxylic acids is 1. The van der Waals surface area contributed by atoms with Gasteiger partial charge in [0.25, 0.3) is 0 Å². The molecule has 1 aromatic rings. The number of aliphatic carboxylic acids is 1. The second-order valence-corrected chi connectivity index (χ2v) is 5.65. The Kier molecular flexibility index (Phi) is 4.83. The first-order chi connectivity index (χ1) is 9.93. The Bertz CT molecular complexity index is 544. The molecular weight excluding hydrogens is 297 g/mol. The van der Waals surface area contributed by atoms with Gasteiger partial charge >= 0.3 is 5.97 Å². The Morgan fingerprint density at radius 1 is 1.48 bits per heavy atom. The summed E-state index contributed by atoms with van der Waals surface area (Å²) in [5.41, 5.74) is 0.439. The maximum Gasteiger partial charge on any atom is 0.308 e. The van der Waals surface area contributed by atoms with Crippen LogP contribution in [0.2, 0.25) is 5.02 Å². The molecule has 0 aromatic heterocycles. The molecule has 0 aliphatic carbocycles. The molecule has 2 rings (SSSR count). The van der Waals surface area contributed by atoms with Crippen LogP contribution in [0, 0.1) is 11.7 Å². The van der Waals surface area contributed by atoms with Crippen LogP contribution in [0.3, 0.4) is 0 Å². The van der Waals surface area contributed by atoms with Gasteiger partial charge in [0.15, 0.2) is 0 Å². The summed E-state index contributed by atoms with van der Waals surface area (Å²) >= 11 is 5.87. The number of nitrogens with zero attached hydrogens (tertiary/aromatic N) is 1. The summed E-state index contributed by atoms with van der Waals surface area (Å²) in [4.78, 5) is 25.1. The number of benzene rings is 1. The minimum Gasteiger partial charge on any atom is -0.481 e. The summed E-state index contributed by atoms with van der Waals surface area (Å²) in [5, 5.41) is 9.61. The minimum atomic E-state index is -0.978. The number of carboxylic acids is 1. The summed E-state index contributed by atoms with van der Waals surface area (Å²) in [6.45, 7) is 2.36. The number of carbonyl (C=O) groups is 2. The normalized spacial score (nSPS) is 22.4. The van der Waals surface area contributed by atoms with Gasteiger partial charge in [-0.25, -0.2) is 4.39 Å². The van der Waals surface area contributed by atoms with Crippen molar-refractivity contribution in [3.05, 3.63) is 34.6 Å². The fraction of sp³-hybridized carbons (Fsp3) is 0.467. The predicted octanol–water partition coefficient (Wildman–Crippen LogP) is 3.25. The van der Waals surface area contributed by atoms with Gasteiger partial charge in [0, 0.05) is 18.0 Å². The van der Waals surface area contributed by atoms with Crippen molar-refractivity contribution in [2.24, 2.45) is 5.92 Å². The molecular formula is C15H17ClFNO3. The lowest BCUT2D eigenvalue weighted by Crippen LogP contribution is -2.45. The first kappa shape index (κ1) is 15.8. The fourth-order valence-corrected chi connectivity index (χ4v) is 3.10. The lowest BCUT2D eigenvalue weighted by atomic mass is 9.84. The van der Waals surface area contributed by atoms with Gasteiger partial charge in [0.2, 0.25) is 5.91 Å². The molecule has 1 heterocycles. The maximum atomic E-state index is 13.6. The van der Waals surface area contributed by atoms with Gasteiger partial charge in [0.1, 0.15) is 5.82 Å². The molecule has 1 N–H and O–H groups in total. The Labute approximate surface area is 127 Å². The van der Waals surface area contributed by atoms with Gasteiger partial charge in [-0.1, -0.05) is 18.5 Å². The summed E-state index contributed by atoms with van der Waals surface area (Å²) in [5.74, 6) is -2.35. The predicted molar refractivity (Wildman–Crippen MR) is 76.5 cm³/mol. The van der Waals surface area contributed by atoms with Crippen molar-refractivity contribution in [1.29, 1.82) is 0 Å². The molecule has 0 radical (unpaired) electrons. The second kappa shape index (κ2) is 6.43. The highest BCUT2D eigenvalue weighted by atomic mass is 35.5. The molecule has 2 unspecified atom stereocenters. The van der Waals surface area contributed by atoms with Crippen LogP contribution in [0.1, 0.15) is 37.8 Å². The topological polar surface area (TPSA) is 57.6 Å². The number of rotatable bonds is 4. The summed E-state index contributed by atoms with van der Waals surface area (Å²) in [6, 6.07) is 3.28. The van der Waals surface area contributed by atoms with Gasteiger partial charge in [-0.05, 0) is 36.6 Å². The van der Waals surface area contributed by atoms with Crippen LogP contribution >= 0.6 is 11.6 Å². The van der Waals surface area contributed by atoms with Crippen molar-refractivity contribution >= 4 is 23.5 Å². The summed E-state index contributed by atoms with van der Waals surface area (Å²) in [7, 11) is 0. The Morgan fingerprint density at radius 2 is 2.19 bits per heavy atom. The van der Waals surface area contributed by atoms with Crippen LogP contribution in [0.15, 0.2) is 18.2 Å². The minimum absolute atomic E-state index is 0.0975. The SMILES string of the molecule is CCCN1C(=O)CCC(C(=O)O)C1c1cc(F)cc(Cl)c1. The standard InChI is InChI=1S/C15H17ClFNO3/c1-2-5-18-13(19)4-3-12(15(20)21)14(18)9-6-10(16)8-11(17)7-9/h6-8,12,14H,2-5H2,1H3,(H,20,21). The number of piperidine rings is 1.